The largest absolute Gasteiger partial charge is 0.381 e. The number of nitrogens with zero attached hydrogens (tertiary/aromatic N) is 1. The minimum absolute atomic E-state index is 0.157. The highest BCUT2D eigenvalue weighted by atomic mass is 16.5. The molecule has 2 N–H and O–H groups in total. The molecule has 4 heteroatoms. The maximum Gasteiger partial charge on any atom is 0.224 e. The molecule has 1 fully saturated rings. The lowest BCUT2D eigenvalue weighted by Crippen LogP contribution is -2.29. The Hall–Kier alpha value is -0.610. The van der Waals surface area contributed by atoms with Crippen LogP contribution in [0, 0.1) is 5.92 Å². The average Bonchev–Trinajstić information content (AvgIpc) is 2.84. The van der Waals surface area contributed by atoms with Gasteiger partial charge in [0.15, 0.2) is 0 Å². The van der Waals surface area contributed by atoms with E-state index in [4.69, 9.17) is 10.5 Å². The molecular formula is C13H26N2O2. The minimum atomic E-state index is 0.157. The Bertz CT molecular complexity index is 215. The summed E-state index contributed by atoms with van der Waals surface area (Å²) in [6, 6.07) is 0. The lowest BCUT2D eigenvalue weighted by molar-refractivity contribution is -0.131. The summed E-state index contributed by atoms with van der Waals surface area (Å²) in [5.74, 6) is 0.893. The molecule has 0 heterocycles. The number of ether oxygens (including phenoxy) is 1. The lowest BCUT2D eigenvalue weighted by Gasteiger charge is -2.17. The fourth-order valence-corrected chi connectivity index (χ4v) is 2.23. The van der Waals surface area contributed by atoms with Crippen LogP contribution < -0.4 is 5.73 Å². The summed E-state index contributed by atoms with van der Waals surface area (Å²) >= 11 is 0. The number of carbonyl (C=O) groups is 1. The van der Waals surface area contributed by atoms with Crippen LogP contribution in [0.2, 0.25) is 0 Å². The van der Waals surface area contributed by atoms with Crippen LogP contribution in [-0.4, -0.2) is 44.2 Å². The highest BCUT2D eigenvalue weighted by Gasteiger charge is 2.15. The summed E-state index contributed by atoms with van der Waals surface area (Å²) in [5, 5.41) is 0. The summed E-state index contributed by atoms with van der Waals surface area (Å²) in [4.78, 5) is 13.4. The molecule has 1 aliphatic rings. The van der Waals surface area contributed by atoms with Crippen molar-refractivity contribution < 1.29 is 9.53 Å². The van der Waals surface area contributed by atoms with E-state index in [0.717, 1.165) is 25.5 Å². The molecule has 0 atom stereocenters. The Balaban J connectivity index is 1.98. The first-order chi connectivity index (χ1) is 8.24. The lowest BCUT2D eigenvalue weighted by atomic mass is 10.1. The van der Waals surface area contributed by atoms with Crippen molar-refractivity contribution in [3.63, 3.8) is 0 Å². The van der Waals surface area contributed by atoms with E-state index in [1.807, 2.05) is 7.05 Å². The summed E-state index contributed by atoms with van der Waals surface area (Å²) < 4.78 is 5.57. The third-order valence-electron chi connectivity index (χ3n) is 3.41. The molecule has 0 saturated heterocycles. The second-order valence-electron chi connectivity index (χ2n) is 4.93. The highest BCUT2D eigenvalue weighted by Crippen LogP contribution is 2.24. The van der Waals surface area contributed by atoms with E-state index < -0.39 is 0 Å². The van der Waals surface area contributed by atoms with Crippen molar-refractivity contribution in [2.45, 2.75) is 38.5 Å². The van der Waals surface area contributed by atoms with Gasteiger partial charge in [0.2, 0.25) is 5.91 Å². The smallest absolute Gasteiger partial charge is 0.224 e. The Morgan fingerprint density at radius 1 is 1.41 bits per heavy atom. The van der Waals surface area contributed by atoms with Gasteiger partial charge in [-0.25, -0.2) is 0 Å². The first-order valence-electron chi connectivity index (χ1n) is 6.76. The summed E-state index contributed by atoms with van der Waals surface area (Å²) in [5.41, 5.74) is 5.41. The summed E-state index contributed by atoms with van der Waals surface area (Å²) in [6.45, 7) is 2.77. The van der Waals surface area contributed by atoms with Crippen molar-refractivity contribution in [3.05, 3.63) is 0 Å². The molecule has 0 bridgehead atoms. The molecule has 0 aliphatic heterocycles. The normalized spacial score (nSPS) is 16.4. The van der Waals surface area contributed by atoms with Crippen molar-refractivity contribution in [1.29, 1.82) is 0 Å². The van der Waals surface area contributed by atoms with Crippen LogP contribution in [0.3, 0.4) is 0 Å². The van der Waals surface area contributed by atoms with Crippen LogP contribution >= 0.6 is 0 Å². The van der Waals surface area contributed by atoms with Crippen LogP contribution in [0.25, 0.3) is 0 Å². The predicted molar refractivity (Wildman–Crippen MR) is 68.7 cm³/mol. The Morgan fingerprint density at radius 3 is 2.76 bits per heavy atom. The standard InChI is InChI=1S/C13H26N2O2/c1-15(9-4-8-14)13(16)7-10-17-11-12-5-2-3-6-12/h12H,2-11,14H2,1H3. The maximum atomic E-state index is 11.7. The van der Waals surface area contributed by atoms with E-state index in [9.17, 15) is 4.79 Å². The van der Waals surface area contributed by atoms with Crippen LogP contribution in [0.15, 0.2) is 0 Å². The molecule has 1 aliphatic carbocycles. The van der Waals surface area contributed by atoms with Gasteiger partial charge in [-0.05, 0) is 31.7 Å². The molecule has 4 nitrogen and oxygen atoms in total. The molecule has 0 spiro atoms. The maximum absolute atomic E-state index is 11.7. The van der Waals surface area contributed by atoms with Gasteiger partial charge in [0.25, 0.3) is 0 Å². The summed E-state index contributed by atoms with van der Waals surface area (Å²) in [6.07, 6.45) is 6.64. The van der Waals surface area contributed by atoms with Gasteiger partial charge >= 0.3 is 0 Å². The molecule has 1 rings (SSSR count). The van der Waals surface area contributed by atoms with Gasteiger partial charge in [-0.15, -0.1) is 0 Å². The monoisotopic (exact) mass is 242 g/mol. The number of amides is 1. The number of carbonyl (C=O) groups excluding carboxylic acids is 1. The molecule has 1 saturated carbocycles. The van der Waals surface area contributed by atoms with Gasteiger partial charge in [-0.3, -0.25) is 4.79 Å². The molecule has 1 amide bonds. The van der Waals surface area contributed by atoms with Crippen molar-refractivity contribution in [2.24, 2.45) is 11.7 Å². The van der Waals surface area contributed by atoms with Gasteiger partial charge in [-0.1, -0.05) is 12.8 Å². The van der Waals surface area contributed by atoms with Gasteiger partial charge in [0.1, 0.15) is 0 Å². The van der Waals surface area contributed by atoms with Crippen molar-refractivity contribution >= 4 is 5.91 Å². The Kier molecular flexibility index (Phi) is 7.21. The van der Waals surface area contributed by atoms with E-state index in [1.54, 1.807) is 4.90 Å². The molecular weight excluding hydrogens is 216 g/mol. The minimum Gasteiger partial charge on any atom is -0.381 e. The first kappa shape index (κ1) is 14.5. The third kappa shape index (κ3) is 6.03. The molecule has 17 heavy (non-hydrogen) atoms. The second kappa shape index (κ2) is 8.48. The Morgan fingerprint density at radius 2 is 2.12 bits per heavy atom. The molecule has 0 radical (unpaired) electrons. The summed E-state index contributed by atoms with van der Waals surface area (Å²) in [7, 11) is 1.83. The SMILES string of the molecule is CN(CCCN)C(=O)CCOCC1CCCC1. The zero-order valence-corrected chi connectivity index (χ0v) is 11.0. The van der Waals surface area contributed by atoms with E-state index in [0.29, 0.717) is 19.6 Å². The van der Waals surface area contributed by atoms with Gasteiger partial charge in [-0.2, -0.15) is 0 Å². The average molecular weight is 242 g/mol. The zero-order valence-electron chi connectivity index (χ0n) is 11.0. The number of hydrogen-bond donors (Lipinski definition) is 1. The number of hydrogen-bond acceptors (Lipinski definition) is 3. The van der Waals surface area contributed by atoms with Crippen molar-refractivity contribution in [2.75, 3.05) is 33.4 Å². The number of nitrogens with two attached hydrogens (primary N) is 1. The van der Waals surface area contributed by atoms with Gasteiger partial charge in [0, 0.05) is 20.2 Å². The van der Waals surface area contributed by atoms with Gasteiger partial charge < -0.3 is 15.4 Å². The Labute approximate surface area is 104 Å². The van der Waals surface area contributed by atoms with Crippen LogP contribution in [0.4, 0.5) is 0 Å². The fraction of sp³-hybridized carbons (Fsp3) is 0.923. The highest BCUT2D eigenvalue weighted by molar-refractivity contribution is 5.75. The van der Waals surface area contributed by atoms with E-state index in [-0.39, 0.29) is 5.91 Å². The van der Waals surface area contributed by atoms with Crippen LogP contribution in [-0.2, 0) is 9.53 Å². The molecule has 100 valence electrons. The topological polar surface area (TPSA) is 55.6 Å². The zero-order chi connectivity index (χ0) is 12.5. The second-order valence-corrected chi connectivity index (χ2v) is 4.93. The van der Waals surface area contributed by atoms with E-state index in [2.05, 4.69) is 0 Å². The molecule has 0 aromatic carbocycles. The van der Waals surface area contributed by atoms with Crippen LogP contribution in [0.5, 0.6) is 0 Å². The van der Waals surface area contributed by atoms with E-state index >= 15 is 0 Å². The van der Waals surface area contributed by atoms with Crippen molar-refractivity contribution in [3.8, 4) is 0 Å². The first-order valence-corrected chi connectivity index (χ1v) is 6.76. The fourth-order valence-electron chi connectivity index (χ4n) is 2.23. The predicted octanol–water partition coefficient (Wildman–Crippen LogP) is 1.39. The molecule has 0 unspecified atom stereocenters. The van der Waals surface area contributed by atoms with Crippen LogP contribution in [0.1, 0.15) is 38.5 Å². The third-order valence-corrected chi connectivity index (χ3v) is 3.41. The van der Waals surface area contributed by atoms with E-state index in [1.165, 1.54) is 25.7 Å². The van der Waals surface area contributed by atoms with Gasteiger partial charge in [0.05, 0.1) is 13.0 Å². The quantitative estimate of drug-likeness (QED) is 0.654. The number of rotatable bonds is 8. The molecule has 0 aromatic heterocycles. The van der Waals surface area contributed by atoms with Crippen molar-refractivity contribution in [1.82, 2.24) is 4.90 Å². The molecule has 0 aromatic rings.